The van der Waals surface area contributed by atoms with Gasteiger partial charge in [0.05, 0.1) is 13.2 Å². The van der Waals surface area contributed by atoms with E-state index in [-0.39, 0.29) is 6.03 Å². The van der Waals surface area contributed by atoms with Gasteiger partial charge in [0.25, 0.3) is 0 Å². The van der Waals surface area contributed by atoms with Crippen LogP contribution in [0.5, 0.6) is 0 Å². The molecule has 1 saturated heterocycles. The number of fused-ring (bicyclic) bond motifs is 1. The molecule has 170 valence electrons. The summed E-state index contributed by atoms with van der Waals surface area (Å²) in [5.74, 6) is 0.495. The number of aromatic nitrogens is 3. The Morgan fingerprint density at radius 3 is 2.75 bits per heavy atom. The Balaban J connectivity index is 1.17. The lowest BCUT2D eigenvalue weighted by Gasteiger charge is -2.26. The number of carbonyl (C=O) groups is 1. The number of nitrogens with one attached hydrogen (secondary N) is 2. The number of carbonyl (C=O) groups excluding carboxylic acids is 1. The van der Waals surface area contributed by atoms with E-state index in [1.165, 1.54) is 49.0 Å². The molecule has 1 aromatic carbocycles. The van der Waals surface area contributed by atoms with Crippen LogP contribution < -0.4 is 10.6 Å². The third-order valence-electron chi connectivity index (χ3n) is 6.41. The van der Waals surface area contributed by atoms with Crippen molar-refractivity contribution in [2.75, 3.05) is 43.5 Å². The molecule has 0 radical (unpaired) electrons. The Bertz CT molecular complexity index is 1050. The largest absolute Gasteiger partial charge is 0.379 e. The van der Waals surface area contributed by atoms with Crippen molar-refractivity contribution in [2.45, 2.75) is 44.6 Å². The van der Waals surface area contributed by atoms with E-state index in [1.807, 2.05) is 12.1 Å². The van der Waals surface area contributed by atoms with E-state index in [2.05, 4.69) is 48.6 Å². The van der Waals surface area contributed by atoms with Crippen LogP contribution in [0.1, 0.15) is 43.0 Å². The van der Waals surface area contributed by atoms with Crippen molar-refractivity contribution in [2.24, 2.45) is 0 Å². The van der Waals surface area contributed by atoms with Gasteiger partial charge in [-0.1, -0.05) is 30.6 Å². The van der Waals surface area contributed by atoms with Gasteiger partial charge in [-0.05, 0) is 37.1 Å². The molecule has 9 heteroatoms. The first-order valence-electron chi connectivity index (χ1n) is 11.5. The van der Waals surface area contributed by atoms with Crippen LogP contribution in [0.4, 0.5) is 15.6 Å². The molecule has 2 fully saturated rings. The molecule has 0 bridgehead atoms. The smallest absolute Gasteiger partial charge is 0.325 e. The van der Waals surface area contributed by atoms with Crippen molar-refractivity contribution in [1.82, 2.24) is 19.7 Å². The number of hydrogen-bond donors (Lipinski definition) is 2. The maximum Gasteiger partial charge on any atom is 0.325 e. The van der Waals surface area contributed by atoms with Gasteiger partial charge in [-0.3, -0.25) is 10.2 Å². The van der Waals surface area contributed by atoms with Crippen molar-refractivity contribution < 1.29 is 9.53 Å². The average molecular weight is 455 g/mol. The number of nitrogens with zero attached hydrogens (tertiary/aromatic N) is 4. The number of morpholine rings is 1. The maximum absolute atomic E-state index is 12.5. The molecule has 2 N–H and O–H groups in total. The van der Waals surface area contributed by atoms with Gasteiger partial charge < -0.3 is 14.6 Å². The van der Waals surface area contributed by atoms with E-state index < -0.39 is 0 Å². The highest BCUT2D eigenvalue weighted by Crippen LogP contribution is 2.35. The summed E-state index contributed by atoms with van der Waals surface area (Å²) in [7, 11) is 0. The van der Waals surface area contributed by atoms with Gasteiger partial charge in [-0.2, -0.15) is 0 Å². The zero-order valence-electron chi connectivity index (χ0n) is 18.3. The van der Waals surface area contributed by atoms with E-state index in [4.69, 9.17) is 4.74 Å². The minimum Gasteiger partial charge on any atom is -0.379 e. The normalized spacial score (nSPS) is 18.1. The summed E-state index contributed by atoms with van der Waals surface area (Å²) in [4.78, 5) is 14.9. The molecule has 3 heterocycles. The Kier molecular flexibility index (Phi) is 6.66. The first-order chi connectivity index (χ1) is 15.7. The average Bonchev–Trinajstić information content (AvgIpc) is 3.45. The molecule has 0 spiro atoms. The Morgan fingerprint density at radius 1 is 1.06 bits per heavy atom. The molecule has 2 amide bonds. The zero-order chi connectivity index (χ0) is 21.8. The highest BCUT2D eigenvalue weighted by molar-refractivity contribution is 7.15. The monoisotopic (exact) mass is 454 g/mol. The maximum atomic E-state index is 12.5. The highest BCUT2D eigenvalue weighted by atomic mass is 32.1. The second-order valence-corrected chi connectivity index (χ2v) is 9.61. The number of amides is 2. The fourth-order valence-electron chi connectivity index (χ4n) is 4.61. The van der Waals surface area contributed by atoms with Crippen molar-refractivity contribution >= 4 is 39.1 Å². The van der Waals surface area contributed by atoms with Crippen LogP contribution >= 0.6 is 11.3 Å². The molecule has 32 heavy (non-hydrogen) atoms. The van der Waals surface area contributed by atoms with Crippen molar-refractivity contribution in [1.29, 1.82) is 0 Å². The summed E-state index contributed by atoms with van der Waals surface area (Å²) in [6, 6.07) is 7.83. The molecule has 3 aromatic rings. The van der Waals surface area contributed by atoms with Gasteiger partial charge in [0.2, 0.25) is 5.13 Å². The van der Waals surface area contributed by atoms with Crippen molar-refractivity contribution in [3.63, 3.8) is 0 Å². The molecule has 1 aliphatic heterocycles. The van der Waals surface area contributed by atoms with E-state index >= 15 is 0 Å². The van der Waals surface area contributed by atoms with Crippen LogP contribution in [-0.2, 0) is 11.3 Å². The lowest BCUT2D eigenvalue weighted by molar-refractivity contribution is 0.0365. The van der Waals surface area contributed by atoms with Crippen LogP contribution in [0.25, 0.3) is 10.9 Å². The van der Waals surface area contributed by atoms with Crippen LogP contribution in [0.2, 0.25) is 0 Å². The second kappa shape index (κ2) is 9.97. The summed E-state index contributed by atoms with van der Waals surface area (Å²) >= 11 is 1.49. The third-order valence-corrected chi connectivity index (χ3v) is 7.41. The first-order valence-corrected chi connectivity index (χ1v) is 12.4. The van der Waals surface area contributed by atoms with E-state index in [0.717, 1.165) is 55.5 Å². The quantitative estimate of drug-likeness (QED) is 0.572. The Labute approximate surface area is 192 Å². The summed E-state index contributed by atoms with van der Waals surface area (Å²) in [6.45, 7) is 5.60. The van der Waals surface area contributed by atoms with Crippen molar-refractivity contribution in [3.05, 3.63) is 35.5 Å². The topological polar surface area (TPSA) is 84.3 Å². The SMILES string of the molecule is O=C(Nc1ccc2c(ccn2CCN2CCOCC2)c1)Nc1nnc(C2CCCCC2)s1. The van der Waals surface area contributed by atoms with Crippen LogP contribution in [0.15, 0.2) is 30.5 Å². The minimum atomic E-state index is -0.289. The Morgan fingerprint density at radius 2 is 1.91 bits per heavy atom. The summed E-state index contributed by atoms with van der Waals surface area (Å²) < 4.78 is 7.69. The molecular weight excluding hydrogens is 424 g/mol. The van der Waals surface area contributed by atoms with Gasteiger partial charge >= 0.3 is 6.03 Å². The van der Waals surface area contributed by atoms with Crippen LogP contribution in [-0.4, -0.2) is 58.5 Å². The van der Waals surface area contributed by atoms with Gasteiger partial charge in [0.1, 0.15) is 5.01 Å². The fourth-order valence-corrected chi connectivity index (χ4v) is 5.51. The van der Waals surface area contributed by atoms with Gasteiger partial charge in [0.15, 0.2) is 0 Å². The minimum absolute atomic E-state index is 0.289. The van der Waals surface area contributed by atoms with Gasteiger partial charge in [-0.15, -0.1) is 10.2 Å². The summed E-state index contributed by atoms with van der Waals surface area (Å²) in [5, 5.41) is 16.9. The predicted molar refractivity (Wildman–Crippen MR) is 128 cm³/mol. The summed E-state index contributed by atoms with van der Waals surface area (Å²) in [6.07, 6.45) is 8.28. The molecule has 0 atom stereocenters. The van der Waals surface area contributed by atoms with E-state index in [1.54, 1.807) is 0 Å². The first kappa shape index (κ1) is 21.4. The molecule has 2 aliphatic rings. The molecule has 0 unspecified atom stereocenters. The molecule has 1 aliphatic carbocycles. The van der Waals surface area contributed by atoms with Gasteiger partial charge in [0, 0.05) is 54.9 Å². The molecule has 8 nitrogen and oxygen atoms in total. The molecular formula is C23H30N6O2S. The number of benzene rings is 1. The number of ether oxygens (including phenoxy) is 1. The standard InChI is InChI=1S/C23H30N6O2S/c30-22(25-23-27-26-21(32-23)17-4-2-1-3-5-17)24-19-6-7-20-18(16-19)8-9-29(20)11-10-28-12-14-31-15-13-28/h6-9,16-17H,1-5,10-15H2,(H2,24,25,27,30). The number of urea groups is 1. The third kappa shape index (κ3) is 5.11. The summed E-state index contributed by atoms with van der Waals surface area (Å²) in [5.41, 5.74) is 1.93. The molecule has 2 aromatic heterocycles. The Hall–Kier alpha value is -2.49. The fraction of sp³-hybridized carbons (Fsp3) is 0.522. The van der Waals surface area contributed by atoms with Gasteiger partial charge in [-0.25, -0.2) is 4.79 Å². The number of hydrogen-bond acceptors (Lipinski definition) is 6. The van der Waals surface area contributed by atoms with Crippen molar-refractivity contribution in [3.8, 4) is 0 Å². The van der Waals surface area contributed by atoms with Crippen LogP contribution in [0, 0.1) is 0 Å². The van der Waals surface area contributed by atoms with Crippen LogP contribution in [0.3, 0.4) is 0 Å². The predicted octanol–water partition coefficient (Wildman–Crippen LogP) is 4.52. The second-order valence-electron chi connectivity index (χ2n) is 8.60. The number of rotatable bonds is 6. The zero-order valence-corrected chi connectivity index (χ0v) is 19.1. The number of anilines is 2. The molecule has 5 rings (SSSR count). The lowest BCUT2D eigenvalue weighted by Crippen LogP contribution is -2.38. The lowest BCUT2D eigenvalue weighted by atomic mass is 9.90. The van der Waals surface area contributed by atoms with E-state index in [9.17, 15) is 4.79 Å². The van der Waals surface area contributed by atoms with E-state index in [0.29, 0.717) is 11.0 Å². The molecule has 1 saturated carbocycles. The highest BCUT2D eigenvalue weighted by Gasteiger charge is 2.20.